The monoisotopic (exact) mass is 622 g/mol. The summed E-state index contributed by atoms with van der Waals surface area (Å²) in [7, 11) is 8.72. The molecule has 0 spiro atoms. The van der Waals surface area contributed by atoms with Crippen molar-refractivity contribution in [2.24, 2.45) is 0 Å². The minimum absolute atomic E-state index is 0.0133. The van der Waals surface area contributed by atoms with Crippen molar-refractivity contribution in [2.75, 3.05) is 48.5 Å². The normalized spacial score (nSPS) is 19.2. The van der Waals surface area contributed by atoms with Gasteiger partial charge in [-0.05, 0) is 104 Å². The summed E-state index contributed by atoms with van der Waals surface area (Å²) in [4.78, 5) is 18.9. The number of rotatable bonds is 3. The first kappa shape index (κ1) is 30.0. The van der Waals surface area contributed by atoms with E-state index in [0.29, 0.717) is 58.9 Å². The number of ether oxygens (including phenoxy) is 4. The van der Waals surface area contributed by atoms with Crippen molar-refractivity contribution >= 4 is 5.78 Å². The quantitative estimate of drug-likeness (QED) is 0.282. The summed E-state index contributed by atoms with van der Waals surface area (Å²) in [6.45, 7) is 1.47. The summed E-state index contributed by atoms with van der Waals surface area (Å²) in [5.41, 5.74) is 6.36. The molecule has 0 radical (unpaired) electrons. The Kier molecular flexibility index (Phi) is 7.53. The third-order valence-electron chi connectivity index (χ3n) is 9.79. The molecule has 0 amide bonds. The van der Waals surface area contributed by atoms with Gasteiger partial charge in [-0.15, -0.1) is 0 Å². The molecule has 9 heteroatoms. The molecule has 7 rings (SSSR count). The molecule has 2 atom stereocenters. The lowest BCUT2D eigenvalue weighted by molar-refractivity contribution is 0.0834. The van der Waals surface area contributed by atoms with Crippen LogP contribution in [0.5, 0.6) is 40.2 Å². The van der Waals surface area contributed by atoms with Gasteiger partial charge in [-0.2, -0.15) is 0 Å². The molecule has 0 aliphatic carbocycles. The van der Waals surface area contributed by atoms with Crippen LogP contribution in [-0.4, -0.2) is 74.3 Å². The number of aromatic hydroxyl groups is 2. The number of phenolic OH excluding ortho intramolecular Hbond substituents is 2. The van der Waals surface area contributed by atoms with Crippen LogP contribution in [0.4, 0.5) is 0 Å². The molecule has 4 aromatic rings. The standard InChI is InChI=1S/C37H38N2O7/c1-38-12-10-21-17-30(44-4)31-19-24(21)27(38)15-20-6-9-29(43-3)26(14-20)25-16-23(7-8-28(25)40)35(41)34-33-22(11-13-39(34)2)18-32(45-5)36(42)37(33)46-31/h6-9,14,16-19,27,34,40,42H,10-13,15H2,1-5H3. The Morgan fingerprint density at radius 1 is 0.783 bits per heavy atom. The Morgan fingerprint density at radius 2 is 1.50 bits per heavy atom. The van der Waals surface area contributed by atoms with Crippen molar-refractivity contribution in [3.63, 3.8) is 0 Å². The molecule has 3 aliphatic heterocycles. The SMILES string of the molecule is COc1cc2c3cc1Oc1c(O)c(OC)cc4c1C(C(=O)c1ccc(O)c(c1)-c1cc(ccc1OC)CC3N(C)CC2)N(C)CC4. The molecule has 3 aliphatic rings. The van der Waals surface area contributed by atoms with Crippen molar-refractivity contribution in [1.82, 2.24) is 9.80 Å². The van der Waals surface area contributed by atoms with Gasteiger partial charge in [0.25, 0.3) is 0 Å². The highest BCUT2D eigenvalue weighted by atomic mass is 16.5. The highest BCUT2D eigenvalue weighted by Gasteiger charge is 2.38. The summed E-state index contributed by atoms with van der Waals surface area (Å²) in [6, 6.07) is 16.0. The zero-order valence-corrected chi connectivity index (χ0v) is 26.7. The van der Waals surface area contributed by atoms with Crippen LogP contribution < -0.4 is 18.9 Å². The summed E-state index contributed by atoms with van der Waals surface area (Å²) in [6.07, 6.45) is 2.15. The zero-order valence-electron chi connectivity index (χ0n) is 26.7. The Morgan fingerprint density at radius 3 is 2.26 bits per heavy atom. The van der Waals surface area contributed by atoms with E-state index in [1.165, 1.54) is 7.11 Å². The van der Waals surface area contributed by atoms with E-state index in [4.69, 9.17) is 18.9 Å². The van der Waals surface area contributed by atoms with Crippen LogP contribution >= 0.6 is 0 Å². The van der Waals surface area contributed by atoms with Crippen molar-refractivity contribution in [2.45, 2.75) is 31.3 Å². The Hall–Kier alpha value is -4.73. The maximum absolute atomic E-state index is 14.6. The molecule has 2 N–H and O–H groups in total. The highest BCUT2D eigenvalue weighted by molar-refractivity contribution is 6.03. The fourth-order valence-corrected chi connectivity index (χ4v) is 7.26. The number of benzene rings is 4. The van der Waals surface area contributed by atoms with Crippen LogP contribution in [0.2, 0.25) is 0 Å². The first-order valence-corrected chi connectivity index (χ1v) is 15.5. The third kappa shape index (κ3) is 4.82. The van der Waals surface area contributed by atoms with Gasteiger partial charge in [0.05, 0.1) is 21.3 Å². The van der Waals surface area contributed by atoms with Crippen LogP contribution in [0.3, 0.4) is 0 Å². The van der Waals surface area contributed by atoms with Crippen molar-refractivity contribution < 1.29 is 34.0 Å². The van der Waals surface area contributed by atoms with Gasteiger partial charge >= 0.3 is 0 Å². The van der Waals surface area contributed by atoms with Crippen molar-refractivity contribution in [3.05, 3.63) is 88.0 Å². The molecule has 3 heterocycles. The average Bonchev–Trinajstić information content (AvgIpc) is 3.06. The van der Waals surface area contributed by atoms with E-state index < -0.39 is 6.04 Å². The Labute approximate surface area is 268 Å². The topological polar surface area (TPSA) is 101 Å². The lowest BCUT2D eigenvalue weighted by Gasteiger charge is -2.36. The second kappa shape index (κ2) is 11.6. The number of likely N-dealkylation sites (N-methyl/N-ethyl adjacent to an activating group) is 2. The number of methoxy groups -OCH3 is 3. The van der Waals surface area contributed by atoms with Crippen LogP contribution in [0.1, 0.15) is 50.3 Å². The van der Waals surface area contributed by atoms with E-state index >= 15 is 0 Å². The molecule has 9 nitrogen and oxygen atoms in total. The minimum atomic E-state index is -0.781. The first-order chi connectivity index (χ1) is 22.2. The lowest BCUT2D eigenvalue weighted by Crippen LogP contribution is -2.37. The number of fused-ring (bicyclic) bond motifs is 6. The van der Waals surface area contributed by atoms with Gasteiger partial charge in [0.15, 0.2) is 28.8 Å². The van der Waals surface area contributed by atoms with Gasteiger partial charge in [-0.25, -0.2) is 0 Å². The largest absolute Gasteiger partial charge is 0.507 e. The molecular weight excluding hydrogens is 584 g/mol. The van der Waals surface area contributed by atoms with Gasteiger partial charge in [0.1, 0.15) is 17.5 Å². The van der Waals surface area contributed by atoms with Gasteiger partial charge in [-0.1, -0.05) is 6.07 Å². The number of carbonyl (C=O) groups is 1. The Balaban J connectivity index is 1.54. The molecular formula is C37H38N2O7. The summed E-state index contributed by atoms with van der Waals surface area (Å²) < 4.78 is 23.9. The summed E-state index contributed by atoms with van der Waals surface area (Å²) in [5.74, 6) is 1.69. The van der Waals surface area contributed by atoms with E-state index in [1.54, 1.807) is 38.5 Å². The van der Waals surface area contributed by atoms with Crippen molar-refractivity contribution in [1.29, 1.82) is 0 Å². The van der Waals surface area contributed by atoms with E-state index in [0.717, 1.165) is 35.2 Å². The maximum atomic E-state index is 14.6. The molecule has 46 heavy (non-hydrogen) atoms. The summed E-state index contributed by atoms with van der Waals surface area (Å²) in [5, 5.41) is 22.7. The number of nitrogens with zero attached hydrogens (tertiary/aromatic N) is 2. The second-order valence-electron chi connectivity index (χ2n) is 12.3. The predicted molar refractivity (Wildman–Crippen MR) is 174 cm³/mol. The van der Waals surface area contributed by atoms with Gasteiger partial charge in [-0.3, -0.25) is 14.6 Å². The molecule has 6 bridgehead atoms. The average molecular weight is 623 g/mol. The maximum Gasteiger partial charge on any atom is 0.201 e. The smallest absolute Gasteiger partial charge is 0.201 e. The molecule has 2 unspecified atom stereocenters. The zero-order chi connectivity index (χ0) is 32.3. The highest BCUT2D eigenvalue weighted by Crippen LogP contribution is 2.51. The van der Waals surface area contributed by atoms with Gasteiger partial charge in [0, 0.05) is 41.4 Å². The van der Waals surface area contributed by atoms with E-state index in [-0.39, 0.29) is 34.8 Å². The number of Topliss-reactive ketones (excluding diaryl/α,β-unsaturated/α-hetero) is 1. The van der Waals surface area contributed by atoms with E-state index in [9.17, 15) is 15.0 Å². The molecule has 0 aromatic heterocycles. The second-order valence-corrected chi connectivity index (χ2v) is 12.3. The molecule has 0 fully saturated rings. The minimum Gasteiger partial charge on any atom is -0.507 e. The first-order valence-electron chi connectivity index (χ1n) is 15.5. The number of hydrogen-bond acceptors (Lipinski definition) is 9. The van der Waals surface area contributed by atoms with E-state index in [1.807, 2.05) is 42.3 Å². The van der Waals surface area contributed by atoms with Crippen LogP contribution in [-0.2, 0) is 19.3 Å². The molecule has 4 aromatic carbocycles. The number of ketones is 1. The van der Waals surface area contributed by atoms with Gasteiger partial charge in [0.2, 0.25) is 5.75 Å². The van der Waals surface area contributed by atoms with Crippen LogP contribution in [0.25, 0.3) is 11.1 Å². The third-order valence-corrected chi connectivity index (χ3v) is 9.79. The lowest BCUT2D eigenvalue weighted by atomic mass is 9.85. The molecule has 0 saturated carbocycles. The van der Waals surface area contributed by atoms with Crippen LogP contribution in [0, 0.1) is 0 Å². The fraction of sp³-hybridized carbons (Fsp3) is 0.324. The number of phenols is 2. The van der Waals surface area contributed by atoms with E-state index in [2.05, 4.69) is 11.9 Å². The molecule has 0 saturated heterocycles. The summed E-state index contributed by atoms with van der Waals surface area (Å²) >= 11 is 0. The fourth-order valence-electron chi connectivity index (χ4n) is 7.26. The van der Waals surface area contributed by atoms with Gasteiger partial charge < -0.3 is 29.2 Å². The number of hydrogen-bond donors (Lipinski definition) is 2. The molecule has 238 valence electrons. The Bertz CT molecular complexity index is 1870. The van der Waals surface area contributed by atoms with Crippen molar-refractivity contribution in [3.8, 4) is 51.4 Å². The van der Waals surface area contributed by atoms with Crippen LogP contribution in [0.15, 0.2) is 54.6 Å². The predicted octanol–water partition coefficient (Wildman–Crippen LogP) is 6.08. The number of carbonyl (C=O) groups excluding carboxylic acids is 1.